The summed E-state index contributed by atoms with van der Waals surface area (Å²) in [6.45, 7) is 2.03. The Balaban J connectivity index is 1.98. The molecule has 0 aromatic carbocycles. The van der Waals surface area contributed by atoms with Crippen molar-refractivity contribution in [3.8, 4) is 0 Å². The number of rotatable bonds is 4. The van der Waals surface area contributed by atoms with Crippen molar-refractivity contribution in [3.05, 3.63) is 0 Å². The molecule has 3 atom stereocenters. The summed E-state index contributed by atoms with van der Waals surface area (Å²) in [5.41, 5.74) is 0. The average Bonchev–Trinajstić information content (AvgIpc) is 3.05. The Hall–Kier alpha value is -1.34. The van der Waals surface area contributed by atoms with E-state index >= 15 is 0 Å². The van der Waals surface area contributed by atoms with Crippen molar-refractivity contribution < 1.29 is 19.4 Å². The van der Waals surface area contributed by atoms with E-state index in [1.807, 2.05) is 0 Å². The van der Waals surface area contributed by atoms with Crippen molar-refractivity contribution in [2.75, 3.05) is 40.8 Å². The molecule has 7 nitrogen and oxygen atoms in total. The molecule has 2 fully saturated rings. The monoisotopic (exact) mass is 299 g/mol. The van der Waals surface area contributed by atoms with Gasteiger partial charge in [0.15, 0.2) is 0 Å². The van der Waals surface area contributed by atoms with E-state index in [4.69, 9.17) is 4.74 Å². The standard InChI is InChI=1S/C14H25N3O4/c1-15-6-4-5-10(15)8-16(2)14(20)17-9-11(21-3)7-12(17)13(18)19/h10-12H,4-9H2,1-3H3,(H,18,19). The molecular formula is C14H25N3O4. The van der Waals surface area contributed by atoms with E-state index in [1.54, 1.807) is 19.1 Å². The van der Waals surface area contributed by atoms with Gasteiger partial charge in [0.1, 0.15) is 6.04 Å². The number of urea groups is 1. The van der Waals surface area contributed by atoms with Gasteiger partial charge in [-0.1, -0.05) is 0 Å². The highest BCUT2D eigenvalue weighted by atomic mass is 16.5. The van der Waals surface area contributed by atoms with Crippen molar-refractivity contribution >= 4 is 12.0 Å². The number of likely N-dealkylation sites (tertiary alicyclic amines) is 2. The van der Waals surface area contributed by atoms with E-state index in [0.717, 1.165) is 19.4 Å². The van der Waals surface area contributed by atoms with Crippen LogP contribution in [0.2, 0.25) is 0 Å². The van der Waals surface area contributed by atoms with Crippen LogP contribution in [0.3, 0.4) is 0 Å². The van der Waals surface area contributed by atoms with Crippen molar-refractivity contribution in [2.45, 2.75) is 37.5 Å². The number of carboxylic acids is 1. The number of carbonyl (C=O) groups is 2. The molecule has 2 aliphatic rings. The lowest BCUT2D eigenvalue weighted by Gasteiger charge is -2.31. The highest BCUT2D eigenvalue weighted by Gasteiger charge is 2.41. The number of hydrogen-bond donors (Lipinski definition) is 1. The van der Waals surface area contributed by atoms with Gasteiger partial charge >= 0.3 is 12.0 Å². The van der Waals surface area contributed by atoms with Crippen LogP contribution in [-0.2, 0) is 9.53 Å². The van der Waals surface area contributed by atoms with Gasteiger partial charge in [0.05, 0.1) is 6.10 Å². The normalized spacial score (nSPS) is 29.9. The number of likely N-dealkylation sites (N-methyl/N-ethyl adjacent to an activating group) is 2. The van der Waals surface area contributed by atoms with Gasteiger partial charge in [-0.25, -0.2) is 9.59 Å². The summed E-state index contributed by atoms with van der Waals surface area (Å²) in [5.74, 6) is -0.964. The van der Waals surface area contributed by atoms with Crippen LogP contribution in [0.15, 0.2) is 0 Å². The molecule has 0 aromatic heterocycles. The zero-order valence-corrected chi connectivity index (χ0v) is 13.0. The number of ether oxygens (including phenoxy) is 1. The average molecular weight is 299 g/mol. The molecule has 2 aliphatic heterocycles. The van der Waals surface area contributed by atoms with E-state index in [0.29, 0.717) is 25.6 Å². The topological polar surface area (TPSA) is 73.3 Å². The van der Waals surface area contributed by atoms with Gasteiger partial charge in [-0.2, -0.15) is 0 Å². The number of amides is 2. The van der Waals surface area contributed by atoms with E-state index in [2.05, 4.69) is 11.9 Å². The molecule has 7 heteroatoms. The zero-order valence-electron chi connectivity index (χ0n) is 13.0. The molecule has 0 aliphatic carbocycles. The molecule has 2 heterocycles. The second-order valence-corrected chi connectivity index (χ2v) is 6.04. The molecular weight excluding hydrogens is 274 g/mol. The number of hydrogen-bond acceptors (Lipinski definition) is 4. The van der Waals surface area contributed by atoms with E-state index in [1.165, 1.54) is 4.90 Å². The fourth-order valence-electron chi connectivity index (χ4n) is 3.24. The minimum Gasteiger partial charge on any atom is -0.480 e. The summed E-state index contributed by atoms with van der Waals surface area (Å²) in [6, 6.07) is -0.642. The molecule has 3 unspecified atom stereocenters. The lowest BCUT2D eigenvalue weighted by molar-refractivity contribution is -0.141. The lowest BCUT2D eigenvalue weighted by atomic mass is 10.2. The fourth-order valence-corrected chi connectivity index (χ4v) is 3.24. The fraction of sp³-hybridized carbons (Fsp3) is 0.857. The molecule has 2 saturated heterocycles. The number of carboxylic acid groups (broad SMARTS) is 1. The Kier molecular flexibility index (Phi) is 5.05. The van der Waals surface area contributed by atoms with Crippen LogP contribution in [0.4, 0.5) is 4.79 Å². The van der Waals surface area contributed by atoms with Crippen molar-refractivity contribution in [3.63, 3.8) is 0 Å². The van der Waals surface area contributed by atoms with Crippen LogP contribution in [0, 0.1) is 0 Å². The number of nitrogens with zero attached hydrogens (tertiary/aromatic N) is 3. The first-order valence-electron chi connectivity index (χ1n) is 7.41. The molecule has 0 bridgehead atoms. The first kappa shape index (κ1) is 16.0. The first-order valence-corrected chi connectivity index (χ1v) is 7.41. The van der Waals surface area contributed by atoms with E-state index < -0.39 is 12.0 Å². The molecule has 0 spiro atoms. The van der Waals surface area contributed by atoms with E-state index in [9.17, 15) is 14.7 Å². The highest BCUT2D eigenvalue weighted by molar-refractivity contribution is 5.83. The lowest BCUT2D eigenvalue weighted by Crippen LogP contribution is -2.49. The van der Waals surface area contributed by atoms with Crippen molar-refractivity contribution in [1.82, 2.24) is 14.7 Å². The summed E-state index contributed by atoms with van der Waals surface area (Å²) < 4.78 is 5.22. The highest BCUT2D eigenvalue weighted by Crippen LogP contribution is 2.22. The summed E-state index contributed by atoms with van der Waals surface area (Å²) in [4.78, 5) is 29.2. The summed E-state index contributed by atoms with van der Waals surface area (Å²) in [5, 5.41) is 9.28. The Morgan fingerprint density at radius 1 is 1.43 bits per heavy atom. The van der Waals surface area contributed by atoms with Gasteiger partial charge in [0.25, 0.3) is 0 Å². The second-order valence-electron chi connectivity index (χ2n) is 6.04. The Labute approximate surface area is 125 Å². The third-order valence-corrected chi connectivity index (χ3v) is 4.61. The predicted molar refractivity (Wildman–Crippen MR) is 77.2 cm³/mol. The second kappa shape index (κ2) is 6.62. The van der Waals surface area contributed by atoms with Gasteiger partial charge in [0, 0.05) is 39.7 Å². The molecule has 0 radical (unpaired) electrons. The molecule has 2 rings (SSSR count). The van der Waals surface area contributed by atoms with Crippen molar-refractivity contribution in [2.24, 2.45) is 0 Å². The van der Waals surface area contributed by atoms with Gasteiger partial charge in [0.2, 0.25) is 0 Å². The molecule has 0 saturated carbocycles. The number of aliphatic carboxylic acids is 1. The Morgan fingerprint density at radius 3 is 2.67 bits per heavy atom. The maximum Gasteiger partial charge on any atom is 0.326 e. The third-order valence-electron chi connectivity index (χ3n) is 4.61. The van der Waals surface area contributed by atoms with Gasteiger partial charge in [-0.3, -0.25) is 0 Å². The van der Waals surface area contributed by atoms with Crippen LogP contribution >= 0.6 is 0 Å². The van der Waals surface area contributed by atoms with Crippen LogP contribution in [-0.4, -0.2) is 90.8 Å². The molecule has 21 heavy (non-hydrogen) atoms. The van der Waals surface area contributed by atoms with Crippen molar-refractivity contribution in [1.29, 1.82) is 0 Å². The number of methoxy groups -OCH3 is 1. The first-order chi connectivity index (χ1) is 9.93. The molecule has 1 N–H and O–H groups in total. The smallest absolute Gasteiger partial charge is 0.326 e. The summed E-state index contributed by atoms with van der Waals surface area (Å²) in [7, 11) is 5.36. The minimum absolute atomic E-state index is 0.197. The van der Waals surface area contributed by atoms with Gasteiger partial charge in [-0.05, 0) is 26.4 Å². The van der Waals surface area contributed by atoms with Crippen LogP contribution < -0.4 is 0 Å². The number of carbonyl (C=O) groups excluding carboxylic acids is 1. The molecule has 120 valence electrons. The van der Waals surface area contributed by atoms with Gasteiger partial charge in [-0.15, -0.1) is 0 Å². The molecule has 0 aromatic rings. The van der Waals surface area contributed by atoms with Crippen LogP contribution in [0.25, 0.3) is 0 Å². The Bertz CT molecular complexity index is 404. The Morgan fingerprint density at radius 2 is 2.14 bits per heavy atom. The summed E-state index contributed by atoms with van der Waals surface area (Å²) >= 11 is 0. The quantitative estimate of drug-likeness (QED) is 0.808. The third kappa shape index (κ3) is 3.47. The summed E-state index contributed by atoms with van der Waals surface area (Å²) in [6.07, 6.45) is 2.39. The maximum absolute atomic E-state index is 12.5. The van der Waals surface area contributed by atoms with E-state index in [-0.39, 0.29) is 12.1 Å². The maximum atomic E-state index is 12.5. The predicted octanol–water partition coefficient (Wildman–Crippen LogP) is 0.306. The molecule has 2 amide bonds. The minimum atomic E-state index is -0.964. The zero-order chi connectivity index (χ0) is 15.6. The van der Waals surface area contributed by atoms with Gasteiger partial charge < -0.3 is 24.5 Å². The largest absolute Gasteiger partial charge is 0.480 e. The SMILES string of the molecule is COC1CC(C(=O)O)N(C(=O)N(C)CC2CCCN2C)C1. The van der Waals surface area contributed by atoms with Crippen LogP contribution in [0.5, 0.6) is 0 Å². The van der Waals surface area contributed by atoms with Crippen LogP contribution in [0.1, 0.15) is 19.3 Å².